The third-order valence-electron chi connectivity index (χ3n) is 7.42. The molecule has 5 rings (SSSR count). The predicted octanol–water partition coefficient (Wildman–Crippen LogP) is 8.20. The van der Waals surface area contributed by atoms with Gasteiger partial charge in [-0.1, -0.05) is 23.2 Å². The van der Waals surface area contributed by atoms with Gasteiger partial charge in [-0.2, -0.15) is 13.2 Å². The average molecular weight is 583 g/mol. The summed E-state index contributed by atoms with van der Waals surface area (Å²) in [5.74, 6) is -0.482. The molecule has 1 aliphatic carbocycles. The number of carbonyl (C=O) groups excluding carboxylic acids is 1. The summed E-state index contributed by atoms with van der Waals surface area (Å²) in [6.45, 7) is 2.55. The van der Waals surface area contributed by atoms with E-state index in [1.54, 1.807) is 24.5 Å². The van der Waals surface area contributed by atoms with Crippen molar-refractivity contribution in [2.75, 3.05) is 19.7 Å². The summed E-state index contributed by atoms with van der Waals surface area (Å²) in [7, 11) is 0. The van der Waals surface area contributed by atoms with Gasteiger partial charge in [-0.25, -0.2) is 4.39 Å². The normalized spacial score (nSPS) is 17.8. The summed E-state index contributed by atoms with van der Waals surface area (Å²) in [5.41, 5.74) is 1.71. The number of aromatic nitrogens is 1. The highest BCUT2D eigenvalue weighted by Crippen LogP contribution is 2.46. The average Bonchev–Trinajstić information content (AvgIpc) is 3.61. The van der Waals surface area contributed by atoms with Gasteiger partial charge in [-0.15, -0.1) is 0 Å². The predicted molar refractivity (Wildman–Crippen MR) is 142 cm³/mol. The zero-order chi connectivity index (χ0) is 27.9. The van der Waals surface area contributed by atoms with Gasteiger partial charge in [0.05, 0.1) is 12.2 Å². The molecule has 208 valence electrons. The van der Waals surface area contributed by atoms with Gasteiger partial charge in [0, 0.05) is 28.5 Å². The van der Waals surface area contributed by atoms with Crippen molar-refractivity contribution >= 4 is 29.1 Å². The molecule has 1 aromatic heterocycles. The van der Waals surface area contributed by atoms with Crippen LogP contribution in [0.2, 0.25) is 10.0 Å². The molecule has 2 heterocycles. The SMILES string of the molecule is Cc1ccn(C(=O)c2cc(C3CC3)c(OCC3CCN([C@@H](c4cc(Cl)cc(Cl)c4)C(F)(F)F)CC3)cc2F)c1. The van der Waals surface area contributed by atoms with Crippen LogP contribution in [-0.2, 0) is 0 Å². The van der Waals surface area contributed by atoms with E-state index in [-0.39, 0.29) is 52.7 Å². The van der Waals surface area contributed by atoms with Crippen molar-refractivity contribution in [2.24, 2.45) is 5.92 Å². The fraction of sp³-hybridized carbons (Fsp3) is 0.414. The largest absolute Gasteiger partial charge is 0.493 e. The zero-order valence-corrected chi connectivity index (χ0v) is 22.8. The minimum absolute atomic E-state index is 0.00697. The van der Waals surface area contributed by atoms with E-state index in [2.05, 4.69) is 0 Å². The van der Waals surface area contributed by atoms with E-state index < -0.39 is 23.9 Å². The number of likely N-dealkylation sites (tertiary alicyclic amines) is 1. The molecule has 2 aromatic carbocycles. The highest BCUT2D eigenvalue weighted by atomic mass is 35.5. The second-order valence-electron chi connectivity index (χ2n) is 10.5. The molecule has 0 radical (unpaired) electrons. The molecule has 4 nitrogen and oxygen atoms in total. The van der Waals surface area contributed by atoms with Gasteiger partial charge >= 0.3 is 6.18 Å². The van der Waals surface area contributed by atoms with Gasteiger partial charge in [-0.05, 0) is 105 Å². The van der Waals surface area contributed by atoms with Gasteiger partial charge in [0.25, 0.3) is 5.91 Å². The van der Waals surface area contributed by atoms with E-state index in [9.17, 15) is 18.0 Å². The van der Waals surface area contributed by atoms with Crippen LogP contribution in [-0.4, -0.2) is 41.2 Å². The highest BCUT2D eigenvalue weighted by molar-refractivity contribution is 6.34. The van der Waals surface area contributed by atoms with Gasteiger partial charge in [0.2, 0.25) is 0 Å². The summed E-state index contributed by atoms with van der Waals surface area (Å²) in [5, 5.41) is 0.315. The van der Waals surface area contributed by atoms with Gasteiger partial charge in [0.15, 0.2) is 0 Å². The summed E-state index contributed by atoms with van der Waals surface area (Å²) in [4.78, 5) is 14.3. The molecule has 2 fully saturated rings. The second-order valence-corrected chi connectivity index (χ2v) is 11.4. The Morgan fingerprint density at radius 3 is 2.28 bits per heavy atom. The maximum absolute atomic E-state index is 15.0. The van der Waals surface area contributed by atoms with E-state index in [1.165, 1.54) is 33.7 Å². The number of hydrogen-bond donors (Lipinski definition) is 0. The standard InChI is InChI=1S/C29H28Cl2F4N2O2/c1-17-4-7-37(15-17)28(38)24-13-23(19-2-3-19)26(14-25(24)32)39-16-18-5-8-36(9-6-18)27(29(33,34)35)20-10-21(30)12-22(31)11-20/h4,7,10-15,18-19,27H,2-3,5-6,8-9,16H2,1H3/t27-/m0/s1. The molecule has 1 saturated carbocycles. The first-order chi connectivity index (χ1) is 18.5. The zero-order valence-electron chi connectivity index (χ0n) is 21.3. The number of nitrogens with zero attached hydrogens (tertiary/aromatic N) is 2. The smallest absolute Gasteiger partial charge is 0.408 e. The lowest BCUT2D eigenvalue weighted by atomic mass is 9.94. The molecule has 1 aliphatic heterocycles. The molecule has 0 amide bonds. The molecule has 1 atom stereocenters. The van der Waals surface area contributed by atoms with Crippen LogP contribution in [0.3, 0.4) is 0 Å². The lowest BCUT2D eigenvalue weighted by Crippen LogP contribution is -2.43. The second kappa shape index (κ2) is 11.1. The van der Waals surface area contributed by atoms with E-state index >= 15 is 4.39 Å². The van der Waals surface area contributed by atoms with E-state index in [0.29, 0.717) is 18.6 Å². The van der Waals surface area contributed by atoms with Gasteiger partial charge < -0.3 is 4.74 Å². The Kier molecular flexibility index (Phi) is 8.00. The van der Waals surface area contributed by atoms with E-state index in [0.717, 1.165) is 24.0 Å². The van der Waals surface area contributed by atoms with Crippen LogP contribution in [0.5, 0.6) is 5.75 Å². The van der Waals surface area contributed by atoms with Crippen molar-refractivity contribution < 1.29 is 27.1 Å². The van der Waals surface area contributed by atoms with Crippen LogP contribution in [0.25, 0.3) is 0 Å². The lowest BCUT2D eigenvalue weighted by Gasteiger charge is -2.38. The topological polar surface area (TPSA) is 34.5 Å². The number of alkyl halides is 3. The number of rotatable bonds is 7. The minimum Gasteiger partial charge on any atom is -0.493 e. The Morgan fingerprint density at radius 1 is 1.05 bits per heavy atom. The Hall–Kier alpha value is -2.55. The fourth-order valence-electron chi connectivity index (χ4n) is 5.27. The minimum atomic E-state index is -4.49. The Bertz CT molecular complexity index is 1340. The number of halogens is 6. The van der Waals surface area contributed by atoms with Crippen LogP contribution < -0.4 is 4.74 Å². The Balaban J connectivity index is 1.26. The molecule has 2 aliphatic rings. The number of piperidine rings is 1. The monoisotopic (exact) mass is 582 g/mol. The Labute approximate surface area is 234 Å². The molecule has 39 heavy (non-hydrogen) atoms. The number of hydrogen-bond acceptors (Lipinski definition) is 3. The molecule has 0 bridgehead atoms. The molecule has 3 aromatic rings. The third kappa shape index (κ3) is 6.44. The Morgan fingerprint density at radius 2 is 1.72 bits per heavy atom. The molecule has 0 spiro atoms. The molecule has 0 unspecified atom stereocenters. The first kappa shape index (κ1) is 28.0. The lowest BCUT2D eigenvalue weighted by molar-refractivity contribution is -0.190. The van der Waals surface area contributed by atoms with Crippen LogP contribution in [0.4, 0.5) is 17.6 Å². The van der Waals surface area contributed by atoms with Gasteiger partial charge in [-0.3, -0.25) is 14.3 Å². The first-order valence-corrected chi connectivity index (χ1v) is 13.7. The van der Waals surface area contributed by atoms with Crippen molar-refractivity contribution in [3.63, 3.8) is 0 Å². The van der Waals surface area contributed by atoms with Crippen molar-refractivity contribution in [2.45, 2.75) is 50.7 Å². The maximum Gasteiger partial charge on any atom is 0.408 e. The van der Waals surface area contributed by atoms with E-state index in [1.807, 2.05) is 6.92 Å². The van der Waals surface area contributed by atoms with Crippen molar-refractivity contribution in [1.29, 1.82) is 0 Å². The summed E-state index contributed by atoms with van der Waals surface area (Å²) in [6, 6.07) is 6.86. The van der Waals surface area contributed by atoms with E-state index in [4.69, 9.17) is 27.9 Å². The fourth-order valence-corrected chi connectivity index (χ4v) is 5.81. The number of benzene rings is 2. The summed E-state index contributed by atoms with van der Waals surface area (Å²) in [6.07, 6.45) is 1.62. The molecular weight excluding hydrogens is 555 g/mol. The number of ether oxygens (including phenoxy) is 1. The molecule has 1 saturated heterocycles. The summed E-state index contributed by atoms with van der Waals surface area (Å²) < 4.78 is 64.7. The number of carbonyl (C=O) groups is 1. The van der Waals surface area contributed by atoms with Crippen LogP contribution >= 0.6 is 23.2 Å². The molecule has 10 heteroatoms. The molecular formula is C29H28Cl2F4N2O2. The van der Waals surface area contributed by atoms with Gasteiger partial charge in [0.1, 0.15) is 17.6 Å². The first-order valence-electron chi connectivity index (χ1n) is 12.9. The quantitative estimate of drug-likeness (QED) is 0.263. The highest BCUT2D eigenvalue weighted by Gasteiger charge is 2.45. The summed E-state index contributed by atoms with van der Waals surface area (Å²) >= 11 is 12.0. The molecule has 0 N–H and O–H groups in total. The third-order valence-corrected chi connectivity index (χ3v) is 7.86. The van der Waals surface area contributed by atoms with Crippen molar-refractivity contribution in [1.82, 2.24) is 9.47 Å². The van der Waals surface area contributed by atoms with Crippen LogP contribution in [0, 0.1) is 18.7 Å². The van der Waals surface area contributed by atoms with Crippen molar-refractivity contribution in [3.05, 3.63) is 86.9 Å². The van der Waals surface area contributed by atoms with Crippen LogP contribution in [0.15, 0.2) is 48.8 Å². The van der Waals surface area contributed by atoms with Crippen molar-refractivity contribution in [3.8, 4) is 5.75 Å². The maximum atomic E-state index is 15.0. The van der Waals surface area contributed by atoms with Crippen LogP contribution in [0.1, 0.15) is 64.7 Å². The number of aryl methyl sites for hydroxylation is 1.